The van der Waals surface area contributed by atoms with Gasteiger partial charge in [0, 0.05) is 38.0 Å². The average molecular weight is 414 g/mol. The van der Waals surface area contributed by atoms with E-state index in [-0.39, 0.29) is 17.2 Å². The lowest BCUT2D eigenvalue weighted by molar-refractivity contribution is -0.137. The molecule has 2 heterocycles. The minimum atomic E-state index is -0.0993. The second-order valence-corrected chi connectivity index (χ2v) is 9.19. The van der Waals surface area contributed by atoms with Crippen LogP contribution >= 0.6 is 0 Å². The Morgan fingerprint density at radius 2 is 2.07 bits per heavy atom. The van der Waals surface area contributed by atoms with Crippen LogP contribution < -0.4 is 0 Å². The Morgan fingerprint density at radius 1 is 1.27 bits per heavy atom. The van der Waals surface area contributed by atoms with Gasteiger partial charge in [0.05, 0.1) is 11.5 Å². The summed E-state index contributed by atoms with van der Waals surface area (Å²) in [5.41, 5.74) is 1.93. The number of likely N-dealkylation sites (tertiary alicyclic amines) is 1. The van der Waals surface area contributed by atoms with Crippen LogP contribution in [-0.2, 0) is 9.59 Å². The predicted molar refractivity (Wildman–Crippen MR) is 122 cm³/mol. The second-order valence-electron chi connectivity index (χ2n) is 9.19. The van der Waals surface area contributed by atoms with Gasteiger partial charge in [0.25, 0.3) is 0 Å². The van der Waals surface area contributed by atoms with Gasteiger partial charge in [0.1, 0.15) is 0 Å². The topological polar surface area (TPSA) is 43.9 Å². The van der Waals surface area contributed by atoms with Gasteiger partial charge >= 0.3 is 0 Å². The number of rotatable bonds is 9. The van der Waals surface area contributed by atoms with Gasteiger partial charge < -0.3 is 14.7 Å². The van der Waals surface area contributed by atoms with Gasteiger partial charge in [0.15, 0.2) is 5.78 Å². The van der Waals surface area contributed by atoms with Gasteiger partial charge in [-0.15, -0.1) is 0 Å². The minimum absolute atomic E-state index is 0.0993. The van der Waals surface area contributed by atoms with Crippen molar-refractivity contribution in [2.24, 2.45) is 5.92 Å². The fourth-order valence-electron chi connectivity index (χ4n) is 5.24. The maximum absolute atomic E-state index is 12.9. The number of hydrogen-bond acceptors (Lipinski definition) is 4. The molecule has 1 fully saturated rings. The van der Waals surface area contributed by atoms with Crippen molar-refractivity contribution >= 4 is 11.7 Å². The first kappa shape index (κ1) is 22.8. The lowest BCUT2D eigenvalue weighted by Gasteiger charge is -2.39. The predicted octanol–water partition coefficient (Wildman–Crippen LogP) is 3.78. The maximum atomic E-state index is 12.9. The largest absolute Gasteiger partial charge is 0.367 e. The summed E-state index contributed by atoms with van der Waals surface area (Å²) in [5.74, 6) is 0.640. The molecule has 166 valence electrons. The van der Waals surface area contributed by atoms with Crippen LogP contribution in [0.1, 0.15) is 59.8 Å². The molecule has 1 unspecified atom stereocenters. The fourth-order valence-corrected chi connectivity index (χ4v) is 5.24. The maximum Gasteiger partial charge on any atom is 0.226 e. The van der Waals surface area contributed by atoms with Crippen molar-refractivity contribution in [3.8, 4) is 0 Å². The molecule has 0 aromatic heterocycles. The van der Waals surface area contributed by atoms with Gasteiger partial charge in [-0.25, -0.2) is 0 Å². The molecular weight excluding hydrogens is 374 g/mol. The van der Waals surface area contributed by atoms with Crippen LogP contribution in [0.5, 0.6) is 0 Å². The summed E-state index contributed by atoms with van der Waals surface area (Å²) in [6.07, 6.45) is 13.6. The Bertz CT molecular complexity index is 739. The highest BCUT2D eigenvalue weighted by molar-refractivity contribution is 5.99. The number of carbonyl (C=O) groups excluding carboxylic acids is 2. The van der Waals surface area contributed by atoms with Gasteiger partial charge in [-0.3, -0.25) is 9.59 Å². The van der Waals surface area contributed by atoms with Crippen molar-refractivity contribution < 1.29 is 9.59 Å². The molecule has 5 heteroatoms. The van der Waals surface area contributed by atoms with Crippen LogP contribution in [0.2, 0.25) is 0 Å². The Morgan fingerprint density at radius 3 is 2.77 bits per heavy atom. The lowest BCUT2D eigenvalue weighted by Crippen LogP contribution is -2.46. The van der Waals surface area contributed by atoms with E-state index in [9.17, 15) is 9.59 Å². The van der Waals surface area contributed by atoms with Crippen molar-refractivity contribution in [3.05, 3.63) is 35.6 Å². The third kappa shape index (κ3) is 4.72. The number of amides is 1. The van der Waals surface area contributed by atoms with Crippen molar-refractivity contribution in [2.75, 3.05) is 39.3 Å². The third-order valence-electron chi connectivity index (χ3n) is 7.00. The molecule has 2 aliphatic heterocycles. The molecule has 0 aromatic rings. The number of hydrogen-bond donors (Lipinski definition) is 0. The number of ketones is 1. The first-order chi connectivity index (χ1) is 14.4. The molecule has 0 N–H and O–H groups in total. The third-order valence-corrected chi connectivity index (χ3v) is 7.00. The van der Waals surface area contributed by atoms with Gasteiger partial charge in [-0.05, 0) is 71.5 Å². The standard InChI is InChI=1S/C25H39N3O2/c1-5-14-27(6-2)24(30)21-11-9-15-26(18-21)16-10-17-28-19-22(20(3)29)23-12-7-8-13-25(23,28)4/h7-8,12,19,21H,5-6,9-11,13-18H2,1-4H3/t21?,25-/m0/s1. The highest BCUT2D eigenvalue weighted by Crippen LogP contribution is 2.42. The Hall–Kier alpha value is -1.88. The molecule has 0 radical (unpaired) electrons. The monoisotopic (exact) mass is 413 g/mol. The Kier molecular flexibility index (Phi) is 7.56. The zero-order valence-corrected chi connectivity index (χ0v) is 19.3. The molecule has 0 aromatic carbocycles. The summed E-state index contributed by atoms with van der Waals surface area (Å²) < 4.78 is 0. The van der Waals surface area contributed by atoms with E-state index in [1.165, 1.54) is 0 Å². The van der Waals surface area contributed by atoms with Crippen molar-refractivity contribution in [3.63, 3.8) is 0 Å². The molecule has 1 amide bonds. The van der Waals surface area contributed by atoms with Crippen LogP contribution in [0.4, 0.5) is 0 Å². The second kappa shape index (κ2) is 9.95. The van der Waals surface area contributed by atoms with E-state index in [2.05, 4.69) is 55.0 Å². The van der Waals surface area contributed by atoms with Crippen molar-refractivity contribution in [1.29, 1.82) is 0 Å². The van der Waals surface area contributed by atoms with E-state index >= 15 is 0 Å². The molecule has 0 spiro atoms. The highest BCUT2D eigenvalue weighted by Gasteiger charge is 2.42. The molecule has 5 nitrogen and oxygen atoms in total. The fraction of sp³-hybridized carbons (Fsp3) is 0.680. The van der Waals surface area contributed by atoms with Crippen LogP contribution in [0, 0.1) is 5.92 Å². The number of Topliss-reactive ketones (excluding diaryl/α,β-unsaturated/α-hetero) is 1. The summed E-state index contributed by atoms with van der Waals surface area (Å²) in [6, 6.07) is 0. The zero-order chi connectivity index (χ0) is 21.7. The van der Waals surface area contributed by atoms with Crippen LogP contribution in [-0.4, -0.2) is 71.2 Å². The molecule has 2 atom stereocenters. The Balaban J connectivity index is 1.55. The number of allylic oxidation sites excluding steroid dienone is 2. The van der Waals surface area contributed by atoms with Crippen LogP contribution in [0.3, 0.4) is 0 Å². The van der Waals surface area contributed by atoms with Gasteiger partial charge in [-0.1, -0.05) is 25.2 Å². The molecule has 1 saturated heterocycles. The van der Waals surface area contributed by atoms with Crippen molar-refractivity contribution in [1.82, 2.24) is 14.7 Å². The molecule has 0 saturated carbocycles. The lowest BCUT2D eigenvalue weighted by atomic mass is 9.82. The summed E-state index contributed by atoms with van der Waals surface area (Å²) in [5, 5.41) is 0. The van der Waals surface area contributed by atoms with Gasteiger partial charge in [-0.2, -0.15) is 0 Å². The SMILES string of the molecule is CCCN(CC)C(=O)C1CCCN(CCCN2C=C(C(C)=O)C3=CC=CC[C@@]32C)C1. The smallest absolute Gasteiger partial charge is 0.226 e. The van der Waals surface area contributed by atoms with Crippen LogP contribution in [0.25, 0.3) is 0 Å². The first-order valence-corrected chi connectivity index (χ1v) is 11.8. The molecule has 0 bridgehead atoms. The van der Waals surface area contributed by atoms with E-state index in [4.69, 9.17) is 0 Å². The number of fused-ring (bicyclic) bond motifs is 1. The van der Waals surface area contributed by atoms with E-state index in [0.717, 1.165) is 82.5 Å². The summed E-state index contributed by atoms with van der Waals surface area (Å²) in [4.78, 5) is 31.9. The quantitative estimate of drug-likeness (QED) is 0.577. The van der Waals surface area contributed by atoms with E-state index < -0.39 is 0 Å². The molecular formula is C25H39N3O2. The number of nitrogens with zero attached hydrogens (tertiary/aromatic N) is 3. The van der Waals surface area contributed by atoms with Crippen LogP contribution in [0.15, 0.2) is 35.6 Å². The number of carbonyl (C=O) groups is 2. The van der Waals surface area contributed by atoms with E-state index in [1.54, 1.807) is 6.92 Å². The zero-order valence-electron chi connectivity index (χ0n) is 19.3. The summed E-state index contributed by atoms with van der Waals surface area (Å²) in [6.45, 7) is 13.7. The molecule has 3 rings (SSSR count). The molecule has 3 aliphatic rings. The minimum Gasteiger partial charge on any atom is -0.367 e. The van der Waals surface area contributed by atoms with Gasteiger partial charge in [0.2, 0.25) is 5.91 Å². The molecule has 1 aliphatic carbocycles. The summed E-state index contributed by atoms with van der Waals surface area (Å²) in [7, 11) is 0. The normalized spacial score (nSPS) is 26.3. The van der Waals surface area contributed by atoms with Crippen molar-refractivity contribution in [2.45, 2.75) is 65.3 Å². The van der Waals surface area contributed by atoms with E-state index in [1.807, 2.05) is 4.90 Å². The van der Waals surface area contributed by atoms with E-state index in [0.29, 0.717) is 5.91 Å². The number of piperidine rings is 1. The molecule has 30 heavy (non-hydrogen) atoms. The highest BCUT2D eigenvalue weighted by atomic mass is 16.2. The Labute approximate surface area is 182 Å². The average Bonchev–Trinajstić information content (AvgIpc) is 3.04. The first-order valence-electron chi connectivity index (χ1n) is 11.8. The summed E-state index contributed by atoms with van der Waals surface area (Å²) >= 11 is 0.